The number of anilines is 1. The van der Waals surface area contributed by atoms with E-state index in [0.29, 0.717) is 43.6 Å². The molecule has 4 rings (SSSR count). The highest BCUT2D eigenvalue weighted by molar-refractivity contribution is 9.11. The largest absolute Gasteiger partial charge is 0.384 e. The lowest BCUT2D eigenvalue weighted by Gasteiger charge is -2.31. The molecule has 35 heavy (non-hydrogen) atoms. The van der Waals surface area contributed by atoms with Crippen LogP contribution >= 0.6 is 43.5 Å². The van der Waals surface area contributed by atoms with Gasteiger partial charge in [0.05, 0.1) is 4.90 Å². The summed E-state index contributed by atoms with van der Waals surface area (Å²) in [5.41, 5.74) is 1.66. The normalized spacial score (nSPS) is 16.1. The van der Waals surface area contributed by atoms with Crippen molar-refractivity contribution in [3.8, 4) is 0 Å². The van der Waals surface area contributed by atoms with E-state index >= 15 is 0 Å². The van der Waals surface area contributed by atoms with Crippen LogP contribution in [0, 0.1) is 5.92 Å². The lowest BCUT2D eigenvalue weighted by Crippen LogP contribution is -2.41. The SMILES string of the molecule is O=C(Nc1ccc(Cl)cc1C(O)c1ccccc1)C1CCN(S(=O)(=O)c2cc(Br)ccc2Br)CC1. The fraction of sp³-hybridized carbons (Fsp3) is 0.240. The van der Waals surface area contributed by atoms with Crippen LogP contribution in [-0.2, 0) is 14.8 Å². The van der Waals surface area contributed by atoms with Crippen LogP contribution in [-0.4, -0.2) is 36.8 Å². The molecule has 0 bridgehead atoms. The number of rotatable bonds is 6. The van der Waals surface area contributed by atoms with Gasteiger partial charge in [-0.25, -0.2) is 8.42 Å². The second-order valence-electron chi connectivity index (χ2n) is 8.29. The topological polar surface area (TPSA) is 86.7 Å². The lowest BCUT2D eigenvalue weighted by atomic mass is 9.96. The smallest absolute Gasteiger partial charge is 0.244 e. The van der Waals surface area contributed by atoms with Gasteiger partial charge >= 0.3 is 0 Å². The summed E-state index contributed by atoms with van der Waals surface area (Å²) in [7, 11) is -3.70. The van der Waals surface area contributed by atoms with Crippen LogP contribution in [0.2, 0.25) is 5.02 Å². The van der Waals surface area contributed by atoms with E-state index in [1.54, 1.807) is 48.5 Å². The third kappa shape index (κ3) is 5.98. The zero-order valence-corrected chi connectivity index (χ0v) is 23.2. The molecule has 10 heteroatoms. The quantitative estimate of drug-likeness (QED) is 0.346. The Balaban J connectivity index is 1.46. The molecule has 0 aromatic heterocycles. The molecule has 1 fully saturated rings. The Hall–Kier alpha value is -1.75. The van der Waals surface area contributed by atoms with E-state index in [1.807, 2.05) is 18.2 Å². The third-order valence-electron chi connectivity index (χ3n) is 6.02. The second-order valence-corrected chi connectivity index (χ2v) is 12.4. The minimum atomic E-state index is -3.70. The molecule has 1 saturated heterocycles. The minimum absolute atomic E-state index is 0.190. The molecule has 184 valence electrons. The molecule has 1 amide bonds. The molecular weight excluding hydrogens is 620 g/mol. The number of carbonyl (C=O) groups excluding carboxylic acids is 1. The van der Waals surface area contributed by atoms with Crippen LogP contribution < -0.4 is 5.32 Å². The maximum atomic E-state index is 13.1. The van der Waals surface area contributed by atoms with Crippen LogP contribution in [0.1, 0.15) is 30.1 Å². The maximum Gasteiger partial charge on any atom is 0.244 e. The highest BCUT2D eigenvalue weighted by Crippen LogP contribution is 2.33. The van der Waals surface area contributed by atoms with Gasteiger partial charge in [-0.1, -0.05) is 57.9 Å². The zero-order chi connectivity index (χ0) is 25.2. The standard InChI is InChI=1S/C25H23Br2ClN2O4S/c26-18-6-8-21(27)23(14-18)35(33,34)30-12-10-17(11-13-30)25(32)29-22-9-7-19(28)15-20(22)24(31)16-4-2-1-3-5-16/h1-9,14-15,17,24,31H,10-13H2,(H,29,32). The fourth-order valence-corrected chi connectivity index (χ4v) is 7.21. The van der Waals surface area contributed by atoms with Gasteiger partial charge < -0.3 is 10.4 Å². The highest BCUT2D eigenvalue weighted by atomic mass is 79.9. The maximum absolute atomic E-state index is 13.1. The van der Waals surface area contributed by atoms with Crippen molar-refractivity contribution in [2.24, 2.45) is 5.92 Å². The number of halogens is 3. The summed E-state index contributed by atoms with van der Waals surface area (Å²) in [4.78, 5) is 13.3. The Morgan fingerprint density at radius 1 is 1.03 bits per heavy atom. The molecule has 6 nitrogen and oxygen atoms in total. The van der Waals surface area contributed by atoms with Gasteiger partial charge in [0.1, 0.15) is 6.10 Å². The van der Waals surface area contributed by atoms with E-state index in [0.717, 1.165) is 0 Å². The summed E-state index contributed by atoms with van der Waals surface area (Å²) in [6.45, 7) is 0.471. The van der Waals surface area contributed by atoms with E-state index in [4.69, 9.17) is 11.6 Å². The van der Waals surface area contributed by atoms with Gasteiger partial charge in [-0.3, -0.25) is 4.79 Å². The number of nitrogens with zero attached hydrogens (tertiary/aromatic N) is 1. The lowest BCUT2D eigenvalue weighted by molar-refractivity contribution is -0.120. The molecule has 1 unspecified atom stereocenters. The van der Waals surface area contributed by atoms with Crippen molar-refractivity contribution in [2.75, 3.05) is 18.4 Å². The van der Waals surface area contributed by atoms with Gasteiger partial charge in [-0.2, -0.15) is 4.31 Å². The summed E-state index contributed by atoms with van der Waals surface area (Å²) in [5, 5.41) is 14.3. The van der Waals surface area contributed by atoms with Crippen molar-refractivity contribution in [3.05, 3.63) is 91.8 Å². The summed E-state index contributed by atoms with van der Waals surface area (Å²) >= 11 is 12.8. The monoisotopic (exact) mass is 640 g/mol. The molecule has 0 aliphatic carbocycles. The molecule has 1 aliphatic heterocycles. The zero-order valence-electron chi connectivity index (χ0n) is 18.5. The summed E-state index contributed by atoms with van der Waals surface area (Å²) in [6.07, 6.45) is -0.178. The second kappa shape index (κ2) is 11.1. The van der Waals surface area contributed by atoms with Gasteiger partial charge in [0, 0.05) is 44.2 Å². The number of hydrogen-bond acceptors (Lipinski definition) is 4. The molecule has 1 heterocycles. The van der Waals surface area contributed by atoms with Crippen LogP contribution in [0.5, 0.6) is 0 Å². The molecule has 2 N–H and O–H groups in total. The number of carbonyl (C=O) groups is 1. The number of sulfonamides is 1. The van der Waals surface area contributed by atoms with Crippen molar-refractivity contribution in [1.29, 1.82) is 0 Å². The van der Waals surface area contributed by atoms with Gasteiger partial charge in [-0.15, -0.1) is 0 Å². The molecule has 3 aromatic rings. The van der Waals surface area contributed by atoms with E-state index in [-0.39, 0.29) is 29.8 Å². The molecule has 0 spiro atoms. The van der Waals surface area contributed by atoms with Crippen molar-refractivity contribution < 1.29 is 18.3 Å². The predicted molar refractivity (Wildman–Crippen MR) is 144 cm³/mol. The summed E-state index contributed by atoms with van der Waals surface area (Å²) in [5.74, 6) is -0.570. The first-order valence-corrected chi connectivity index (χ1v) is 14.4. The van der Waals surface area contributed by atoms with Crippen LogP contribution in [0.25, 0.3) is 0 Å². The summed E-state index contributed by atoms with van der Waals surface area (Å²) < 4.78 is 28.9. The van der Waals surface area contributed by atoms with Crippen molar-refractivity contribution in [1.82, 2.24) is 4.31 Å². The first kappa shape index (κ1) is 26.3. The number of hydrogen-bond donors (Lipinski definition) is 2. The van der Waals surface area contributed by atoms with Gasteiger partial charge in [-0.05, 0) is 70.7 Å². The average molecular weight is 643 g/mol. The first-order chi connectivity index (χ1) is 16.7. The van der Waals surface area contributed by atoms with Crippen LogP contribution in [0.15, 0.2) is 80.6 Å². The highest BCUT2D eigenvalue weighted by Gasteiger charge is 2.33. The number of aliphatic hydroxyl groups excluding tert-OH is 1. The van der Waals surface area contributed by atoms with E-state index in [2.05, 4.69) is 37.2 Å². The minimum Gasteiger partial charge on any atom is -0.384 e. The van der Waals surface area contributed by atoms with E-state index in [1.165, 1.54) is 4.31 Å². The van der Waals surface area contributed by atoms with E-state index < -0.39 is 16.1 Å². The van der Waals surface area contributed by atoms with Crippen molar-refractivity contribution in [3.63, 3.8) is 0 Å². The van der Waals surface area contributed by atoms with Crippen LogP contribution in [0.3, 0.4) is 0 Å². The Bertz CT molecular complexity index is 1330. The van der Waals surface area contributed by atoms with E-state index in [9.17, 15) is 18.3 Å². The number of piperidine rings is 1. The molecule has 1 aliphatic rings. The predicted octanol–water partition coefficient (Wildman–Crippen LogP) is 5.99. The molecule has 1 atom stereocenters. The van der Waals surface area contributed by atoms with Gasteiger partial charge in [0.25, 0.3) is 0 Å². The summed E-state index contributed by atoms with van der Waals surface area (Å²) in [6, 6.07) is 19.1. The van der Waals surface area contributed by atoms with Crippen LogP contribution in [0.4, 0.5) is 5.69 Å². The number of amides is 1. The molecule has 3 aromatic carbocycles. The Kier molecular flexibility index (Phi) is 8.35. The number of benzene rings is 3. The molecule has 0 saturated carbocycles. The Morgan fingerprint density at radius 3 is 2.40 bits per heavy atom. The molecular formula is C25H23Br2ClN2O4S. The van der Waals surface area contributed by atoms with Crippen molar-refractivity contribution in [2.45, 2.75) is 23.8 Å². The number of nitrogens with one attached hydrogen (secondary N) is 1. The first-order valence-electron chi connectivity index (χ1n) is 11.0. The fourth-order valence-electron chi connectivity index (χ4n) is 4.10. The third-order valence-corrected chi connectivity index (χ3v) is 9.64. The van der Waals surface area contributed by atoms with Gasteiger partial charge in [0.2, 0.25) is 15.9 Å². The Labute approximate surface area is 226 Å². The molecule has 0 radical (unpaired) electrons. The Morgan fingerprint density at radius 2 is 1.71 bits per heavy atom. The van der Waals surface area contributed by atoms with Gasteiger partial charge in [0.15, 0.2) is 0 Å². The van der Waals surface area contributed by atoms with Crippen molar-refractivity contribution >= 4 is 65.1 Å². The number of aliphatic hydroxyl groups is 1. The average Bonchev–Trinajstić information content (AvgIpc) is 2.86.